The molecular formula is C11H10N2O3. The normalized spacial score (nSPS) is 10.1. The van der Waals surface area contributed by atoms with E-state index in [9.17, 15) is 4.79 Å². The third-order valence-corrected chi connectivity index (χ3v) is 2.17. The van der Waals surface area contributed by atoms with Crippen molar-refractivity contribution in [2.45, 2.75) is 0 Å². The second-order valence-electron chi connectivity index (χ2n) is 3.21. The van der Waals surface area contributed by atoms with E-state index in [0.29, 0.717) is 5.88 Å². The van der Waals surface area contributed by atoms with Crippen LogP contribution in [0, 0.1) is 0 Å². The minimum Gasteiger partial charge on any atom is -0.475 e. The monoisotopic (exact) mass is 218 g/mol. The Bertz CT molecular complexity index is 493. The van der Waals surface area contributed by atoms with Crippen molar-refractivity contribution in [3.63, 3.8) is 0 Å². The van der Waals surface area contributed by atoms with E-state index in [2.05, 4.69) is 4.98 Å². The second kappa shape index (κ2) is 4.06. The Morgan fingerprint density at radius 1 is 1.44 bits per heavy atom. The SMILES string of the molecule is CN(c1cccnc1)c1ccc(C(=O)O)o1. The van der Waals surface area contributed by atoms with Crippen LogP contribution in [0.25, 0.3) is 0 Å². The Kier molecular flexibility index (Phi) is 2.59. The third kappa shape index (κ3) is 1.88. The molecule has 0 atom stereocenters. The van der Waals surface area contributed by atoms with Crippen LogP contribution >= 0.6 is 0 Å². The van der Waals surface area contributed by atoms with Crippen molar-refractivity contribution in [2.24, 2.45) is 0 Å². The molecule has 0 aromatic carbocycles. The lowest BCUT2D eigenvalue weighted by atomic mass is 10.4. The lowest BCUT2D eigenvalue weighted by Gasteiger charge is -2.14. The zero-order chi connectivity index (χ0) is 11.5. The maximum Gasteiger partial charge on any atom is 0.371 e. The second-order valence-corrected chi connectivity index (χ2v) is 3.21. The van der Waals surface area contributed by atoms with Crippen molar-refractivity contribution in [3.8, 4) is 0 Å². The topological polar surface area (TPSA) is 66.6 Å². The van der Waals surface area contributed by atoms with Crippen LogP contribution in [-0.4, -0.2) is 23.1 Å². The standard InChI is InChI=1S/C11H10N2O3/c1-13(8-3-2-6-12-7-8)10-5-4-9(16-10)11(14)15/h2-7H,1H3,(H,14,15). The minimum atomic E-state index is -1.08. The van der Waals surface area contributed by atoms with Crippen LogP contribution in [0.2, 0.25) is 0 Å². The van der Waals surface area contributed by atoms with Gasteiger partial charge in [-0.2, -0.15) is 0 Å². The van der Waals surface area contributed by atoms with Crippen LogP contribution in [0.5, 0.6) is 0 Å². The molecule has 2 heterocycles. The number of hydrogen-bond donors (Lipinski definition) is 1. The van der Waals surface area contributed by atoms with E-state index in [4.69, 9.17) is 9.52 Å². The van der Waals surface area contributed by atoms with Gasteiger partial charge in [-0.25, -0.2) is 4.79 Å². The smallest absolute Gasteiger partial charge is 0.371 e. The molecule has 0 aliphatic rings. The van der Waals surface area contributed by atoms with Gasteiger partial charge in [-0.3, -0.25) is 4.98 Å². The highest BCUT2D eigenvalue weighted by atomic mass is 16.4. The molecule has 0 radical (unpaired) electrons. The molecule has 1 N–H and O–H groups in total. The third-order valence-electron chi connectivity index (χ3n) is 2.17. The Morgan fingerprint density at radius 2 is 2.25 bits per heavy atom. The highest BCUT2D eigenvalue weighted by molar-refractivity contribution is 5.85. The number of anilines is 2. The molecule has 0 aliphatic carbocycles. The first kappa shape index (κ1) is 10.2. The van der Waals surface area contributed by atoms with Crippen LogP contribution in [-0.2, 0) is 0 Å². The summed E-state index contributed by atoms with van der Waals surface area (Å²) < 4.78 is 5.16. The summed E-state index contributed by atoms with van der Waals surface area (Å²) >= 11 is 0. The fourth-order valence-electron chi connectivity index (χ4n) is 1.30. The van der Waals surface area contributed by atoms with Gasteiger partial charge < -0.3 is 14.4 Å². The van der Waals surface area contributed by atoms with E-state index in [1.165, 1.54) is 6.07 Å². The van der Waals surface area contributed by atoms with Gasteiger partial charge in [-0.1, -0.05) is 0 Å². The van der Waals surface area contributed by atoms with Crippen LogP contribution in [0.1, 0.15) is 10.6 Å². The van der Waals surface area contributed by atoms with E-state index in [0.717, 1.165) is 5.69 Å². The molecule has 0 aliphatic heterocycles. The highest BCUT2D eigenvalue weighted by Gasteiger charge is 2.12. The van der Waals surface area contributed by atoms with E-state index in [-0.39, 0.29) is 5.76 Å². The Hall–Kier alpha value is -2.30. The van der Waals surface area contributed by atoms with Crippen LogP contribution in [0.4, 0.5) is 11.6 Å². The summed E-state index contributed by atoms with van der Waals surface area (Å²) in [6, 6.07) is 6.68. The number of rotatable bonds is 3. The number of carboxylic acid groups (broad SMARTS) is 1. The van der Waals surface area contributed by atoms with Crippen LogP contribution in [0.3, 0.4) is 0 Å². The van der Waals surface area contributed by atoms with Crippen LogP contribution in [0.15, 0.2) is 41.1 Å². The van der Waals surface area contributed by atoms with E-state index in [1.54, 1.807) is 36.5 Å². The maximum atomic E-state index is 10.6. The molecule has 16 heavy (non-hydrogen) atoms. The molecular weight excluding hydrogens is 208 g/mol. The van der Waals surface area contributed by atoms with E-state index in [1.807, 2.05) is 6.07 Å². The minimum absolute atomic E-state index is 0.0780. The molecule has 2 aromatic rings. The number of aromatic nitrogens is 1. The summed E-state index contributed by atoms with van der Waals surface area (Å²) in [5, 5.41) is 8.73. The number of carboxylic acids is 1. The first-order valence-electron chi connectivity index (χ1n) is 4.65. The molecule has 0 spiro atoms. The number of nitrogens with zero attached hydrogens (tertiary/aromatic N) is 2. The molecule has 0 fully saturated rings. The van der Waals surface area contributed by atoms with Crippen molar-refractivity contribution < 1.29 is 14.3 Å². The van der Waals surface area contributed by atoms with Gasteiger partial charge in [-0.05, 0) is 18.2 Å². The average molecular weight is 218 g/mol. The molecule has 5 heteroatoms. The largest absolute Gasteiger partial charge is 0.475 e. The maximum absolute atomic E-state index is 10.6. The number of aromatic carboxylic acids is 1. The predicted octanol–water partition coefficient (Wildman–Crippen LogP) is 2.14. The summed E-state index contributed by atoms with van der Waals surface area (Å²) in [4.78, 5) is 16.3. The van der Waals surface area contributed by atoms with Gasteiger partial charge in [0.25, 0.3) is 0 Å². The molecule has 0 unspecified atom stereocenters. The molecule has 0 saturated heterocycles. The molecule has 82 valence electrons. The number of hydrogen-bond acceptors (Lipinski definition) is 4. The van der Waals surface area contributed by atoms with Crippen molar-refractivity contribution >= 4 is 17.5 Å². The van der Waals surface area contributed by atoms with Crippen LogP contribution < -0.4 is 4.90 Å². The van der Waals surface area contributed by atoms with Gasteiger partial charge in [0, 0.05) is 19.3 Å². The van der Waals surface area contributed by atoms with E-state index < -0.39 is 5.97 Å². The lowest BCUT2D eigenvalue weighted by molar-refractivity contribution is 0.0663. The number of pyridine rings is 1. The van der Waals surface area contributed by atoms with Gasteiger partial charge in [0.15, 0.2) is 0 Å². The first-order valence-corrected chi connectivity index (χ1v) is 4.65. The summed E-state index contributed by atoms with van der Waals surface area (Å²) in [6.07, 6.45) is 3.34. The number of furan rings is 1. The molecule has 5 nitrogen and oxygen atoms in total. The lowest BCUT2D eigenvalue weighted by Crippen LogP contribution is -2.08. The fourth-order valence-corrected chi connectivity index (χ4v) is 1.30. The van der Waals surface area contributed by atoms with Gasteiger partial charge in [-0.15, -0.1) is 0 Å². The average Bonchev–Trinajstić information content (AvgIpc) is 2.78. The fraction of sp³-hybridized carbons (Fsp3) is 0.0909. The van der Waals surface area contributed by atoms with Gasteiger partial charge in [0.2, 0.25) is 11.6 Å². The van der Waals surface area contributed by atoms with Crippen molar-refractivity contribution in [1.82, 2.24) is 4.98 Å². The Labute approximate surface area is 91.9 Å². The quantitative estimate of drug-likeness (QED) is 0.854. The van der Waals surface area contributed by atoms with Crippen molar-refractivity contribution in [3.05, 3.63) is 42.4 Å². The van der Waals surface area contributed by atoms with Crippen molar-refractivity contribution in [2.75, 3.05) is 11.9 Å². The zero-order valence-corrected chi connectivity index (χ0v) is 8.62. The first-order chi connectivity index (χ1) is 7.68. The molecule has 0 bridgehead atoms. The molecule has 2 aromatic heterocycles. The number of carbonyl (C=O) groups is 1. The Morgan fingerprint density at radius 3 is 2.81 bits per heavy atom. The van der Waals surface area contributed by atoms with Gasteiger partial charge >= 0.3 is 5.97 Å². The van der Waals surface area contributed by atoms with Gasteiger partial charge in [0.1, 0.15) is 0 Å². The molecule has 0 saturated carbocycles. The summed E-state index contributed by atoms with van der Waals surface area (Å²) in [7, 11) is 1.78. The summed E-state index contributed by atoms with van der Waals surface area (Å²) in [6.45, 7) is 0. The summed E-state index contributed by atoms with van der Waals surface area (Å²) in [5.41, 5.74) is 0.828. The molecule has 0 amide bonds. The van der Waals surface area contributed by atoms with Crippen molar-refractivity contribution in [1.29, 1.82) is 0 Å². The van der Waals surface area contributed by atoms with E-state index >= 15 is 0 Å². The van der Waals surface area contributed by atoms with Gasteiger partial charge in [0.05, 0.1) is 11.9 Å². The highest BCUT2D eigenvalue weighted by Crippen LogP contribution is 2.24. The zero-order valence-electron chi connectivity index (χ0n) is 8.62. The Balaban J connectivity index is 2.27. The summed E-state index contributed by atoms with van der Waals surface area (Å²) in [5.74, 6) is -0.693. The molecule has 2 rings (SSSR count). The predicted molar refractivity (Wildman–Crippen MR) is 58.0 cm³/mol.